The highest BCUT2D eigenvalue weighted by Gasteiger charge is 2.43. The first-order valence-corrected chi connectivity index (χ1v) is 8.93. The van der Waals surface area contributed by atoms with Crippen LogP contribution in [0.1, 0.15) is 57.8 Å². The van der Waals surface area contributed by atoms with Gasteiger partial charge in [0.25, 0.3) is 0 Å². The Balaban J connectivity index is 1.64. The fourth-order valence-electron chi connectivity index (χ4n) is 4.69. The average molecular weight is 310 g/mol. The Kier molecular flexibility index (Phi) is 5.05. The van der Waals surface area contributed by atoms with Crippen molar-refractivity contribution in [2.75, 3.05) is 32.9 Å². The summed E-state index contributed by atoms with van der Waals surface area (Å²) in [5.74, 6) is 0.129. The van der Waals surface area contributed by atoms with Crippen LogP contribution in [0, 0.1) is 0 Å². The van der Waals surface area contributed by atoms with Crippen molar-refractivity contribution in [3.05, 3.63) is 0 Å². The van der Waals surface area contributed by atoms with E-state index >= 15 is 0 Å². The molecule has 1 amide bonds. The van der Waals surface area contributed by atoms with Crippen LogP contribution in [0.5, 0.6) is 0 Å². The number of rotatable bonds is 5. The van der Waals surface area contributed by atoms with Crippen molar-refractivity contribution in [1.82, 2.24) is 10.2 Å². The van der Waals surface area contributed by atoms with Gasteiger partial charge in [-0.1, -0.05) is 25.7 Å². The van der Waals surface area contributed by atoms with Crippen molar-refractivity contribution in [3.63, 3.8) is 0 Å². The summed E-state index contributed by atoms with van der Waals surface area (Å²) in [6.07, 6.45) is 9.30. The highest BCUT2D eigenvalue weighted by atomic mass is 16.5. The Hall–Kier alpha value is -0.650. The number of aliphatic hydroxyl groups excluding tert-OH is 1. The minimum Gasteiger partial charge on any atom is -0.394 e. The minimum atomic E-state index is -0.345. The molecule has 0 bridgehead atoms. The zero-order chi connectivity index (χ0) is 15.5. The molecule has 2 saturated carbocycles. The zero-order valence-corrected chi connectivity index (χ0v) is 13.6. The number of ether oxygens (including phenoxy) is 1. The third kappa shape index (κ3) is 3.31. The molecule has 1 heterocycles. The molecule has 0 aromatic heterocycles. The number of hydrogen-bond acceptors (Lipinski definition) is 4. The molecule has 5 heteroatoms. The van der Waals surface area contributed by atoms with Crippen LogP contribution >= 0.6 is 0 Å². The van der Waals surface area contributed by atoms with Crippen LogP contribution in [0.3, 0.4) is 0 Å². The first-order chi connectivity index (χ1) is 10.7. The van der Waals surface area contributed by atoms with E-state index in [9.17, 15) is 9.90 Å². The number of carbonyl (C=O) groups excluding carboxylic acids is 1. The van der Waals surface area contributed by atoms with E-state index in [2.05, 4.69) is 10.2 Å². The number of aliphatic hydroxyl groups is 1. The van der Waals surface area contributed by atoms with Crippen LogP contribution in [-0.4, -0.2) is 59.9 Å². The first-order valence-electron chi connectivity index (χ1n) is 8.93. The lowest BCUT2D eigenvalue weighted by Gasteiger charge is -2.43. The van der Waals surface area contributed by atoms with E-state index in [0.717, 1.165) is 64.8 Å². The van der Waals surface area contributed by atoms with Crippen molar-refractivity contribution in [2.45, 2.75) is 68.9 Å². The van der Waals surface area contributed by atoms with Gasteiger partial charge in [-0.15, -0.1) is 0 Å². The maximum Gasteiger partial charge on any atom is 0.222 e. The van der Waals surface area contributed by atoms with Crippen LogP contribution < -0.4 is 5.32 Å². The molecule has 0 radical (unpaired) electrons. The van der Waals surface area contributed by atoms with Gasteiger partial charge in [-0.25, -0.2) is 0 Å². The number of amides is 1. The molecule has 3 fully saturated rings. The lowest BCUT2D eigenvalue weighted by molar-refractivity contribution is -0.128. The van der Waals surface area contributed by atoms with E-state index in [4.69, 9.17) is 4.74 Å². The summed E-state index contributed by atoms with van der Waals surface area (Å²) >= 11 is 0. The molecular formula is C17H30N2O3. The molecule has 22 heavy (non-hydrogen) atoms. The monoisotopic (exact) mass is 310 g/mol. The summed E-state index contributed by atoms with van der Waals surface area (Å²) in [6.45, 7) is 3.52. The minimum absolute atomic E-state index is 0.0309. The van der Waals surface area contributed by atoms with Crippen LogP contribution in [0.25, 0.3) is 0 Å². The molecule has 0 aromatic rings. The van der Waals surface area contributed by atoms with Gasteiger partial charge in [0.2, 0.25) is 5.91 Å². The molecule has 0 atom stereocenters. The lowest BCUT2D eigenvalue weighted by Crippen LogP contribution is -2.56. The largest absolute Gasteiger partial charge is 0.394 e. The van der Waals surface area contributed by atoms with Crippen LogP contribution in [0.4, 0.5) is 0 Å². The molecule has 0 spiro atoms. The SMILES string of the molecule is O=C(CC1(N2CCOCC2)CCCC1)NC1(CO)CCCC1. The molecular weight excluding hydrogens is 280 g/mol. The normalized spacial score (nSPS) is 27.9. The number of nitrogens with one attached hydrogen (secondary N) is 1. The molecule has 1 aliphatic heterocycles. The Morgan fingerprint density at radius 1 is 1.05 bits per heavy atom. The van der Waals surface area contributed by atoms with Crippen molar-refractivity contribution in [2.24, 2.45) is 0 Å². The predicted octanol–water partition coefficient (Wildman–Crippen LogP) is 1.44. The quantitative estimate of drug-likeness (QED) is 0.807. The Morgan fingerprint density at radius 2 is 1.64 bits per heavy atom. The fraction of sp³-hybridized carbons (Fsp3) is 0.941. The molecule has 3 aliphatic rings. The summed E-state index contributed by atoms with van der Waals surface area (Å²) in [7, 11) is 0. The fourth-order valence-corrected chi connectivity index (χ4v) is 4.69. The van der Waals surface area contributed by atoms with Gasteiger partial charge in [0, 0.05) is 25.0 Å². The third-order valence-electron chi connectivity index (χ3n) is 5.97. The number of morpholine rings is 1. The van der Waals surface area contributed by atoms with E-state index in [-0.39, 0.29) is 23.6 Å². The highest BCUT2D eigenvalue weighted by molar-refractivity contribution is 5.78. The summed E-state index contributed by atoms with van der Waals surface area (Å²) < 4.78 is 5.48. The summed E-state index contributed by atoms with van der Waals surface area (Å²) in [4.78, 5) is 15.2. The molecule has 5 nitrogen and oxygen atoms in total. The second-order valence-corrected chi connectivity index (χ2v) is 7.40. The second-order valence-electron chi connectivity index (χ2n) is 7.40. The molecule has 126 valence electrons. The van der Waals surface area contributed by atoms with E-state index in [1.165, 1.54) is 12.8 Å². The van der Waals surface area contributed by atoms with Gasteiger partial charge in [-0.05, 0) is 25.7 Å². The van der Waals surface area contributed by atoms with Crippen molar-refractivity contribution < 1.29 is 14.6 Å². The highest BCUT2D eigenvalue weighted by Crippen LogP contribution is 2.39. The summed E-state index contributed by atoms with van der Waals surface area (Å²) in [6, 6.07) is 0. The summed E-state index contributed by atoms with van der Waals surface area (Å²) in [5, 5.41) is 12.9. The van der Waals surface area contributed by atoms with E-state index < -0.39 is 0 Å². The molecule has 1 saturated heterocycles. The lowest BCUT2D eigenvalue weighted by atomic mass is 9.89. The second kappa shape index (κ2) is 6.85. The molecule has 0 aromatic carbocycles. The first kappa shape index (κ1) is 16.2. The molecule has 3 rings (SSSR count). The smallest absolute Gasteiger partial charge is 0.222 e. The van der Waals surface area contributed by atoms with E-state index in [1.807, 2.05) is 0 Å². The van der Waals surface area contributed by atoms with Crippen LogP contribution in [0.15, 0.2) is 0 Å². The molecule has 2 aliphatic carbocycles. The number of hydrogen-bond donors (Lipinski definition) is 2. The molecule has 2 N–H and O–H groups in total. The van der Waals surface area contributed by atoms with Crippen LogP contribution in [0.2, 0.25) is 0 Å². The molecule has 0 unspecified atom stereocenters. The van der Waals surface area contributed by atoms with Crippen molar-refractivity contribution in [3.8, 4) is 0 Å². The Labute approximate surface area is 133 Å². The van der Waals surface area contributed by atoms with E-state index in [0.29, 0.717) is 6.42 Å². The third-order valence-corrected chi connectivity index (χ3v) is 5.97. The number of carbonyl (C=O) groups is 1. The standard InChI is InChI=1S/C17H30N2O3/c20-14-16(5-1-2-6-16)18-15(21)13-17(7-3-4-8-17)19-9-11-22-12-10-19/h20H,1-14H2,(H,18,21). The maximum atomic E-state index is 12.7. The van der Waals surface area contributed by atoms with Crippen molar-refractivity contribution in [1.29, 1.82) is 0 Å². The summed E-state index contributed by atoms with van der Waals surface area (Å²) in [5.41, 5.74) is -0.314. The van der Waals surface area contributed by atoms with Gasteiger partial charge in [-0.3, -0.25) is 9.69 Å². The van der Waals surface area contributed by atoms with E-state index in [1.54, 1.807) is 0 Å². The number of nitrogens with zero attached hydrogens (tertiary/aromatic N) is 1. The topological polar surface area (TPSA) is 61.8 Å². The Bertz CT molecular complexity index is 381. The van der Waals surface area contributed by atoms with Gasteiger partial charge >= 0.3 is 0 Å². The Morgan fingerprint density at radius 3 is 2.23 bits per heavy atom. The van der Waals surface area contributed by atoms with Crippen molar-refractivity contribution >= 4 is 5.91 Å². The predicted molar refractivity (Wildman–Crippen MR) is 84.6 cm³/mol. The van der Waals surface area contributed by atoms with Gasteiger partial charge in [-0.2, -0.15) is 0 Å². The van der Waals surface area contributed by atoms with Gasteiger partial charge < -0.3 is 15.2 Å². The maximum absolute atomic E-state index is 12.7. The van der Waals surface area contributed by atoms with Crippen LogP contribution in [-0.2, 0) is 9.53 Å². The van der Waals surface area contributed by atoms with Gasteiger partial charge in [0.1, 0.15) is 0 Å². The zero-order valence-electron chi connectivity index (χ0n) is 13.6. The van der Waals surface area contributed by atoms with Gasteiger partial charge in [0.15, 0.2) is 0 Å². The van der Waals surface area contributed by atoms with Gasteiger partial charge in [0.05, 0.1) is 25.4 Å². The average Bonchev–Trinajstić information content (AvgIpc) is 3.19.